The predicted molar refractivity (Wildman–Crippen MR) is 146 cm³/mol. The van der Waals surface area contributed by atoms with Crippen LogP contribution in [0.15, 0.2) is 103 Å². The van der Waals surface area contributed by atoms with Crippen molar-refractivity contribution in [2.75, 3.05) is 0 Å². The van der Waals surface area contributed by atoms with Crippen molar-refractivity contribution in [2.24, 2.45) is 5.92 Å². The van der Waals surface area contributed by atoms with E-state index in [0.29, 0.717) is 10.6 Å². The fourth-order valence-corrected chi connectivity index (χ4v) is 4.84. The molecule has 1 fully saturated rings. The smallest absolute Gasteiger partial charge is 0.178 e. The van der Waals surface area contributed by atoms with Crippen molar-refractivity contribution in [1.29, 1.82) is 0 Å². The van der Waals surface area contributed by atoms with E-state index in [1.807, 2.05) is 18.2 Å². The molecule has 1 heterocycles. The zero-order chi connectivity index (χ0) is 29.8. The zero-order valence-electron chi connectivity index (χ0n) is 22.1. The first-order chi connectivity index (χ1) is 20.2. The fraction of sp³-hybridized carbons (Fsp3) is 0.156. The molecule has 42 heavy (non-hydrogen) atoms. The van der Waals surface area contributed by atoms with Crippen molar-refractivity contribution >= 4 is 11.5 Å². The molecule has 0 aliphatic carbocycles. The molecule has 4 aromatic carbocycles. The van der Waals surface area contributed by atoms with Crippen LogP contribution in [0, 0.1) is 29.2 Å². The Labute approximate surface area is 239 Å². The van der Waals surface area contributed by atoms with E-state index in [-0.39, 0.29) is 13.1 Å². The molecule has 1 saturated heterocycles. The van der Waals surface area contributed by atoms with Gasteiger partial charge in [-0.15, -0.1) is 0 Å². The lowest BCUT2D eigenvalue weighted by atomic mass is 9.87. The van der Waals surface area contributed by atoms with E-state index in [2.05, 4.69) is 0 Å². The lowest BCUT2D eigenvalue weighted by Gasteiger charge is -2.30. The highest BCUT2D eigenvalue weighted by Gasteiger charge is 2.52. The largest absolute Gasteiger partial charge is 0.507 e. The summed E-state index contributed by atoms with van der Waals surface area (Å²) in [6, 6.07) is 21.9. The van der Waals surface area contributed by atoms with Gasteiger partial charge in [-0.25, -0.2) is 17.6 Å². The molecule has 10 heteroatoms. The van der Waals surface area contributed by atoms with E-state index >= 15 is 0 Å². The van der Waals surface area contributed by atoms with Crippen LogP contribution in [-0.4, -0.2) is 38.5 Å². The second-order valence-corrected chi connectivity index (χ2v) is 9.77. The molecule has 2 N–H and O–H groups in total. The number of carbonyl (C=O) groups excluding carboxylic acids is 1. The van der Waals surface area contributed by atoms with Gasteiger partial charge in [0.05, 0.1) is 29.6 Å². The van der Waals surface area contributed by atoms with E-state index in [0.717, 1.165) is 48.0 Å². The Balaban J connectivity index is 1.60. The standard InChI is InChI=1S/C32H26F4N2O4/c33-22-13-7-14-23(34)28(22)27(39)17-26(37(41)18-20-9-3-1-4-10-20)30(31(40)29-24(35)15-8-16-25(29)36)32-38(42-32)19-21-11-5-2-6-12-21/h1-17,26,30,32,39,41H,18-19H2/b27-17+. The van der Waals surface area contributed by atoms with Gasteiger partial charge in [0.2, 0.25) is 0 Å². The van der Waals surface area contributed by atoms with Crippen LogP contribution < -0.4 is 0 Å². The topological polar surface area (TPSA) is 76.3 Å². The first kappa shape index (κ1) is 29.2. The molecule has 4 aromatic rings. The molecular weight excluding hydrogens is 552 g/mol. The van der Waals surface area contributed by atoms with E-state index in [1.165, 1.54) is 5.06 Å². The van der Waals surface area contributed by atoms with Crippen molar-refractivity contribution in [3.8, 4) is 0 Å². The summed E-state index contributed by atoms with van der Waals surface area (Å²) in [5, 5.41) is 24.3. The molecule has 1 aliphatic rings. The maximum Gasteiger partial charge on any atom is 0.178 e. The Morgan fingerprint density at radius 2 is 1.29 bits per heavy atom. The van der Waals surface area contributed by atoms with Crippen LogP contribution >= 0.6 is 0 Å². The minimum Gasteiger partial charge on any atom is -0.507 e. The minimum absolute atomic E-state index is 0.184. The Morgan fingerprint density at radius 3 is 1.83 bits per heavy atom. The van der Waals surface area contributed by atoms with Crippen LogP contribution in [0.1, 0.15) is 27.0 Å². The lowest BCUT2D eigenvalue weighted by Crippen LogP contribution is -2.44. The average molecular weight is 579 g/mol. The van der Waals surface area contributed by atoms with Crippen molar-refractivity contribution < 1.29 is 37.5 Å². The van der Waals surface area contributed by atoms with Crippen molar-refractivity contribution in [1.82, 2.24) is 10.1 Å². The number of hydrogen-bond donors (Lipinski definition) is 2. The summed E-state index contributed by atoms with van der Waals surface area (Å²) in [7, 11) is 0. The van der Waals surface area contributed by atoms with Crippen molar-refractivity contribution in [2.45, 2.75) is 25.4 Å². The lowest BCUT2D eigenvalue weighted by molar-refractivity contribution is -0.133. The molecule has 1 aliphatic heterocycles. The van der Waals surface area contributed by atoms with Crippen molar-refractivity contribution in [3.05, 3.63) is 149 Å². The second kappa shape index (κ2) is 12.7. The van der Waals surface area contributed by atoms with Crippen LogP contribution in [0.5, 0.6) is 0 Å². The number of hydroxylamine groups is 4. The third-order valence-corrected chi connectivity index (χ3v) is 6.93. The number of hydrogen-bond acceptors (Lipinski definition) is 6. The highest BCUT2D eigenvalue weighted by Crippen LogP contribution is 2.38. The normalized spacial score (nSPS) is 18.1. The minimum atomic E-state index is -1.57. The Kier molecular flexibility index (Phi) is 8.79. The number of aliphatic hydroxyl groups is 1. The second-order valence-electron chi connectivity index (χ2n) is 9.77. The summed E-state index contributed by atoms with van der Waals surface area (Å²) in [6.07, 6.45) is -0.240. The van der Waals surface area contributed by atoms with Crippen LogP contribution in [0.2, 0.25) is 0 Å². The van der Waals surface area contributed by atoms with Gasteiger partial charge in [0.25, 0.3) is 0 Å². The van der Waals surface area contributed by atoms with Crippen LogP contribution in [0.4, 0.5) is 17.6 Å². The van der Waals surface area contributed by atoms with Gasteiger partial charge in [-0.2, -0.15) is 10.1 Å². The molecule has 4 atom stereocenters. The SMILES string of the molecule is O=C(c1c(F)cccc1F)C(C(/C=C(/O)c1c(F)cccc1F)N(O)Cc1ccccc1)C1ON1Cc1ccccc1. The summed E-state index contributed by atoms with van der Waals surface area (Å²) in [4.78, 5) is 19.6. The molecular formula is C32H26F4N2O4. The van der Waals surface area contributed by atoms with Gasteiger partial charge < -0.3 is 10.3 Å². The summed E-state index contributed by atoms with van der Waals surface area (Å²) in [5.41, 5.74) is -0.287. The highest BCUT2D eigenvalue weighted by molar-refractivity contribution is 5.99. The molecule has 216 valence electrons. The van der Waals surface area contributed by atoms with Crippen LogP contribution in [0.3, 0.4) is 0 Å². The number of carbonyl (C=O) groups is 1. The first-order valence-corrected chi connectivity index (χ1v) is 13.0. The molecule has 0 aromatic heterocycles. The molecule has 0 radical (unpaired) electrons. The first-order valence-electron chi connectivity index (χ1n) is 13.0. The van der Waals surface area contributed by atoms with Gasteiger partial charge in [0.1, 0.15) is 29.0 Å². The number of benzene rings is 4. The van der Waals surface area contributed by atoms with E-state index in [9.17, 15) is 32.7 Å². The van der Waals surface area contributed by atoms with Gasteiger partial charge in [-0.3, -0.25) is 9.63 Å². The van der Waals surface area contributed by atoms with E-state index in [4.69, 9.17) is 4.84 Å². The Bertz CT molecular complexity index is 1550. The summed E-state index contributed by atoms with van der Waals surface area (Å²) in [6.45, 7) is -0.0342. The summed E-state index contributed by atoms with van der Waals surface area (Å²) < 4.78 is 58.9. The molecule has 0 bridgehead atoms. The molecule has 0 spiro atoms. The van der Waals surface area contributed by atoms with Gasteiger partial charge in [-0.1, -0.05) is 72.8 Å². The third-order valence-electron chi connectivity index (χ3n) is 6.93. The molecule has 0 saturated carbocycles. The van der Waals surface area contributed by atoms with E-state index in [1.54, 1.807) is 42.5 Å². The monoisotopic (exact) mass is 578 g/mol. The predicted octanol–water partition coefficient (Wildman–Crippen LogP) is 6.67. The quantitative estimate of drug-likeness (QED) is 0.0681. The number of ketones is 1. The average Bonchev–Trinajstić information content (AvgIpc) is 3.71. The third kappa shape index (κ3) is 6.42. The maximum atomic E-state index is 14.9. The van der Waals surface area contributed by atoms with Crippen LogP contribution in [0.25, 0.3) is 5.76 Å². The van der Waals surface area contributed by atoms with Gasteiger partial charge >= 0.3 is 0 Å². The number of halogens is 4. The summed E-state index contributed by atoms with van der Waals surface area (Å²) in [5.74, 6) is -8.03. The molecule has 0 amide bonds. The molecule has 5 rings (SSSR count). The number of nitrogens with zero attached hydrogens (tertiary/aromatic N) is 2. The summed E-state index contributed by atoms with van der Waals surface area (Å²) >= 11 is 0. The van der Waals surface area contributed by atoms with Gasteiger partial charge in [0.15, 0.2) is 12.0 Å². The fourth-order valence-electron chi connectivity index (χ4n) is 4.84. The maximum absolute atomic E-state index is 14.9. The number of aliphatic hydroxyl groups excluding tert-OH is 1. The highest BCUT2D eigenvalue weighted by atomic mass is 19.1. The molecule has 6 nitrogen and oxygen atoms in total. The Morgan fingerprint density at radius 1 is 0.786 bits per heavy atom. The molecule has 4 unspecified atom stereocenters. The zero-order valence-corrected chi connectivity index (χ0v) is 22.1. The van der Waals surface area contributed by atoms with Crippen LogP contribution in [-0.2, 0) is 17.9 Å². The van der Waals surface area contributed by atoms with Crippen molar-refractivity contribution in [3.63, 3.8) is 0 Å². The van der Waals surface area contributed by atoms with Gasteiger partial charge in [0, 0.05) is 6.54 Å². The number of Topliss-reactive ketones (excluding diaryl/α,β-unsaturated/α-hetero) is 1. The van der Waals surface area contributed by atoms with Gasteiger partial charge in [-0.05, 0) is 41.5 Å². The van der Waals surface area contributed by atoms with E-state index < -0.39 is 64.1 Å². The Hall–Kier alpha value is -4.35. The number of rotatable bonds is 11.